The normalized spacial score (nSPS) is 20.0. The molecule has 0 spiro atoms. The number of carbonyl (C=O) groups excluding carboxylic acids is 1. The first-order valence-electron chi connectivity index (χ1n) is 6.12. The fraction of sp³-hybridized carbons (Fsp3) is 0.583. The minimum Gasteiger partial charge on any atom is -0.384 e. The predicted octanol–water partition coefficient (Wildman–Crippen LogP) is 0.0776. The third-order valence-electron chi connectivity index (χ3n) is 2.97. The second kappa shape index (κ2) is 5.30. The van der Waals surface area contributed by atoms with Gasteiger partial charge in [0.2, 0.25) is 5.91 Å². The highest BCUT2D eigenvalue weighted by molar-refractivity contribution is 5.73. The Balaban J connectivity index is 1.93. The molecule has 1 aromatic heterocycles. The Kier molecular flexibility index (Phi) is 3.76. The van der Waals surface area contributed by atoms with Crippen LogP contribution in [-0.4, -0.2) is 39.9 Å². The number of nitrogen functional groups attached to an aromatic ring is 1. The van der Waals surface area contributed by atoms with Gasteiger partial charge in [0.05, 0.1) is 6.54 Å². The van der Waals surface area contributed by atoms with Crippen molar-refractivity contribution in [2.75, 3.05) is 18.8 Å². The fourth-order valence-corrected chi connectivity index (χ4v) is 2.31. The lowest BCUT2D eigenvalue weighted by Crippen LogP contribution is -2.35. The van der Waals surface area contributed by atoms with E-state index in [-0.39, 0.29) is 11.9 Å². The van der Waals surface area contributed by atoms with E-state index in [1.54, 1.807) is 13.0 Å². The molecule has 3 N–H and O–H groups in total. The summed E-state index contributed by atoms with van der Waals surface area (Å²) < 4.78 is 0. The second-order valence-corrected chi connectivity index (χ2v) is 4.77. The molecule has 0 aliphatic carbocycles. The molecular weight excluding hydrogens is 230 g/mol. The summed E-state index contributed by atoms with van der Waals surface area (Å²) >= 11 is 0. The standard InChI is InChI=1S/C12H19N5O/c1-8-5-11(13)16-12(14-8)7-17-4-3-10(6-17)15-9(2)18/h5,10H,3-4,6-7H2,1-2H3,(H,15,18)(H2,13,14,16). The van der Waals surface area contributed by atoms with Crippen molar-refractivity contribution in [1.29, 1.82) is 0 Å². The lowest BCUT2D eigenvalue weighted by molar-refractivity contribution is -0.119. The molecule has 1 aliphatic rings. The van der Waals surface area contributed by atoms with E-state index < -0.39 is 0 Å². The minimum atomic E-state index is 0.0258. The number of anilines is 1. The first kappa shape index (κ1) is 12.8. The lowest BCUT2D eigenvalue weighted by Gasteiger charge is -2.15. The summed E-state index contributed by atoms with van der Waals surface area (Å²) in [6, 6.07) is 2.00. The van der Waals surface area contributed by atoms with Gasteiger partial charge in [-0.3, -0.25) is 9.69 Å². The molecule has 2 rings (SSSR count). The number of hydrogen-bond donors (Lipinski definition) is 2. The summed E-state index contributed by atoms with van der Waals surface area (Å²) in [5.74, 6) is 1.28. The Labute approximate surface area is 107 Å². The van der Waals surface area contributed by atoms with Gasteiger partial charge in [0.25, 0.3) is 0 Å². The van der Waals surface area contributed by atoms with Crippen LogP contribution in [0.5, 0.6) is 0 Å². The number of hydrogen-bond acceptors (Lipinski definition) is 5. The van der Waals surface area contributed by atoms with Crippen LogP contribution < -0.4 is 11.1 Å². The van der Waals surface area contributed by atoms with Crippen LogP contribution >= 0.6 is 0 Å². The molecule has 2 heterocycles. The molecule has 6 nitrogen and oxygen atoms in total. The molecule has 0 aromatic carbocycles. The number of nitrogens with zero attached hydrogens (tertiary/aromatic N) is 3. The van der Waals surface area contributed by atoms with Crippen molar-refractivity contribution in [3.05, 3.63) is 17.6 Å². The van der Waals surface area contributed by atoms with Gasteiger partial charge in [-0.15, -0.1) is 0 Å². The van der Waals surface area contributed by atoms with Crippen molar-refractivity contribution >= 4 is 11.7 Å². The Hall–Kier alpha value is -1.69. The van der Waals surface area contributed by atoms with E-state index in [1.165, 1.54) is 0 Å². The van der Waals surface area contributed by atoms with Crippen LogP contribution in [0.15, 0.2) is 6.07 Å². The van der Waals surface area contributed by atoms with Crippen LogP contribution in [0.1, 0.15) is 24.9 Å². The number of likely N-dealkylation sites (tertiary alicyclic amines) is 1. The van der Waals surface area contributed by atoms with Crippen molar-refractivity contribution in [3.8, 4) is 0 Å². The SMILES string of the molecule is CC(=O)NC1CCN(Cc2nc(C)cc(N)n2)C1. The maximum absolute atomic E-state index is 11.0. The molecule has 1 saturated heterocycles. The largest absolute Gasteiger partial charge is 0.384 e. The number of nitrogens with two attached hydrogens (primary N) is 1. The lowest BCUT2D eigenvalue weighted by atomic mass is 10.3. The first-order valence-corrected chi connectivity index (χ1v) is 6.12. The van der Waals surface area contributed by atoms with E-state index in [4.69, 9.17) is 5.73 Å². The molecule has 98 valence electrons. The summed E-state index contributed by atoms with van der Waals surface area (Å²) in [7, 11) is 0. The Bertz CT molecular complexity index is 428. The van der Waals surface area contributed by atoms with Gasteiger partial charge in [0, 0.05) is 37.8 Å². The summed E-state index contributed by atoms with van der Waals surface area (Å²) in [4.78, 5) is 21.8. The van der Waals surface area contributed by atoms with Gasteiger partial charge in [-0.1, -0.05) is 0 Å². The quantitative estimate of drug-likeness (QED) is 0.792. The molecule has 0 bridgehead atoms. The number of aromatic nitrogens is 2. The van der Waals surface area contributed by atoms with Gasteiger partial charge in [0.1, 0.15) is 11.6 Å². The highest BCUT2D eigenvalue weighted by Crippen LogP contribution is 2.12. The van der Waals surface area contributed by atoms with Gasteiger partial charge in [0.15, 0.2) is 0 Å². The fourth-order valence-electron chi connectivity index (χ4n) is 2.31. The highest BCUT2D eigenvalue weighted by atomic mass is 16.1. The van der Waals surface area contributed by atoms with Crippen LogP contribution in [0.3, 0.4) is 0 Å². The van der Waals surface area contributed by atoms with Gasteiger partial charge in [-0.2, -0.15) is 0 Å². The maximum Gasteiger partial charge on any atom is 0.217 e. The predicted molar refractivity (Wildman–Crippen MR) is 68.7 cm³/mol. The van der Waals surface area contributed by atoms with E-state index in [2.05, 4.69) is 20.2 Å². The third kappa shape index (κ3) is 3.40. The zero-order valence-corrected chi connectivity index (χ0v) is 10.8. The summed E-state index contributed by atoms with van der Waals surface area (Å²) in [5.41, 5.74) is 6.58. The molecule has 0 radical (unpaired) electrons. The van der Waals surface area contributed by atoms with Crippen molar-refractivity contribution < 1.29 is 4.79 Å². The van der Waals surface area contributed by atoms with Crippen molar-refractivity contribution in [2.45, 2.75) is 32.9 Å². The maximum atomic E-state index is 11.0. The molecule has 1 unspecified atom stereocenters. The molecule has 1 atom stereocenters. The molecule has 1 aliphatic heterocycles. The molecular formula is C12H19N5O. The zero-order valence-electron chi connectivity index (χ0n) is 10.8. The molecule has 1 fully saturated rings. The van der Waals surface area contributed by atoms with E-state index in [0.717, 1.165) is 31.0 Å². The molecule has 1 amide bonds. The van der Waals surface area contributed by atoms with Crippen LogP contribution in [0, 0.1) is 6.92 Å². The van der Waals surface area contributed by atoms with Crippen LogP contribution in [0.2, 0.25) is 0 Å². The number of aryl methyl sites for hydroxylation is 1. The van der Waals surface area contributed by atoms with Gasteiger partial charge in [-0.05, 0) is 13.3 Å². The smallest absolute Gasteiger partial charge is 0.217 e. The minimum absolute atomic E-state index is 0.0258. The van der Waals surface area contributed by atoms with Crippen molar-refractivity contribution in [3.63, 3.8) is 0 Å². The van der Waals surface area contributed by atoms with Crippen LogP contribution in [0.4, 0.5) is 5.82 Å². The molecule has 18 heavy (non-hydrogen) atoms. The summed E-state index contributed by atoms with van der Waals surface area (Å²) in [5, 5.41) is 2.93. The van der Waals surface area contributed by atoms with Gasteiger partial charge in [-0.25, -0.2) is 9.97 Å². The van der Waals surface area contributed by atoms with Gasteiger partial charge < -0.3 is 11.1 Å². The third-order valence-corrected chi connectivity index (χ3v) is 2.97. The molecule has 6 heteroatoms. The summed E-state index contributed by atoms with van der Waals surface area (Å²) in [6.07, 6.45) is 0.973. The Morgan fingerprint density at radius 1 is 1.61 bits per heavy atom. The van der Waals surface area contributed by atoms with Gasteiger partial charge >= 0.3 is 0 Å². The van der Waals surface area contributed by atoms with Crippen LogP contribution in [0.25, 0.3) is 0 Å². The summed E-state index contributed by atoms with van der Waals surface area (Å²) in [6.45, 7) is 5.93. The first-order chi connectivity index (χ1) is 8.52. The topological polar surface area (TPSA) is 84.1 Å². The van der Waals surface area contributed by atoms with Crippen molar-refractivity contribution in [1.82, 2.24) is 20.2 Å². The van der Waals surface area contributed by atoms with Crippen LogP contribution in [-0.2, 0) is 11.3 Å². The molecule has 1 aromatic rings. The van der Waals surface area contributed by atoms with E-state index >= 15 is 0 Å². The highest BCUT2D eigenvalue weighted by Gasteiger charge is 2.23. The Morgan fingerprint density at radius 2 is 2.39 bits per heavy atom. The van der Waals surface area contributed by atoms with E-state index in [0.29, 0.717) is 12.4 Å². The van der Waals surface area contributed by atoms with E-state index in [9.17, 15) is 4.79 Å². The second-order valence-electron chi connectivity index (χ2n) is 4.77. The average Bonchev–Trinajstić information content (AvgIpc) is 2.62. The number of nitrogens with one attached hydrogen (secondary N) is 1. The monoisotopic (exact) mass is 249 g/mol. The number of amides is 1. The van der Waals surface area contributed by atoms with E-state index in [1.807, 2.05) is 6.92 Å². The number of carbonyl (C=O) groups is 1. The Morgan fingerprint density at radius 3 is 3.06 bits per heavy atom. The zero-order chi connectivity index (χ0) is 13.1. The van der Waals surface area contributed by atoms with Crippen molar-refractivity contribution in [2.24, 2.45) is 0 Å². The average molecular weight is 249 g/mol. The number of rotatable bonds is 3. The molecule has 0 saturated carbocycles.